The van der Waals surface area contributed by atoms with Gasteiger partial charge in [-0.3, -0.25) is 24.0 Å². The number of fused-ring (bicyclic) bond motifs is 4. The highest BCUT2D eigenvalue weighted by molar-refractivity contribution is 6.06. The summed E-state index contributed by atoms with van der Waals surface area (Å²) < 4.78 is 10.7. The van der Waals surface area contributed by atoms with Crippen molar-refractivity contribution in [2.24, 2.45) is 0 Å². The number of H-pyrrole nitrogens is 2. The van der Waals surface area contributed by atoms with Gasteiger partial charge in [0.05, 0.1) is 10.8 Å². The minimum atomic E-state index is -1.21. The molecule has 6 N–H and O–H groups in total. The topological polar surface area (TPSA) is 211 Å². The van der Waals surface area contributed by atoms with Gasteiger partial charge in [0.15, 0.2) is 0 Å². The van der Waals surface area contributed by atoms with Gasteiger partial charge in [0, 0.05) is 68.8 Å². The van der Waals surface area contributed by atoms with E-state index in [9.17, 15) is 28.8 Å². The smallest absolute Gasteiger partial charge is 0.341 e. The quantitative estimate of drug-likeness (QED) is 0.0649. The number of anilines is 2. The number of para-hydroxylation sites is 2. The predicted molar refractivity (Wildman–Crippen MR) is 243 cm³/mol. The third kappa shape index (κ3) is 8.60. The van der Waals surface area contributed by atoms with Crippen molar-refractivity contribution in [2.75, 3.05) is 11.1 Å². The van der Waals surface area contributed by atoms with Crippen LogP contribution in [0.1, 0.15) is 120 Å². The molecule has 2 aromatic heterocycles. The number of ether oxygens (including phenoxy) is 2. The summed E-state index contributed by atoms with van der Waals surface area (Å²) in [6, 6.07) is 21.2. The van der Waals surface area contributed by atoms with Crippen molar-refractivity contribution in [2.45, 2.75) is 98.3 Å². The molecule has 13 nitrogen and oxygen atoms in total. The third-order valence-corrected chi connectivity index (χ3v) is 11.0. The van der Waals surface area contributed by atoms with Crippen molar-refractivity contribution in [3.63, 3.8) is 0 Å². The lowest BCUT2D eigenvalue weighted by Crippen LogP contribution is -2.26. The highest BCUT2D eigenvalue weighted by Gasteiger charge is 2.43. The van der Waals surface area contributed by atoms with Gasteiger partial charge in [-0.05, 0) is 86.1 Å². The van der Waals surface area contributed by atoms with Gasteiger partial charge in [-0.15, -0.1) is 0 Å². The Morgan fingerprint density at radius 1 is 0.645 bits per heavy atom. The van der Waals surface area contributed by atoms with Crippen LogP contribution in [0.3, 0.4) is 0 Å². The number of amides is 1. The van der Waals surface area contributed by atoms with Crippen LogP contribution in [0, 0.1) is 0 Å². The van der Waals surface area contributed by atoms with Crippen LogP contribution in [0.25, 0.3) is 21.8 Å². The second kappa shape index (κ2) is 16.4. The maximum atomic E-state index is 13.0. The number of esters is 2. The number of carbonyl (C=O) groups excluding carboxylic acids is 3. The molecule has 0 bridgehead atoms. The van der Waals surface area contributed by atoms with Gasteiger partial charge in [-0.25, -0.2) is 4.79 Å². The zero-order chi connectivity index (χ0) is 45.0. The average Bonchev–Trinajstić information content (AvgIpc) is 3.53. The van der Waals surface area contributed by atoms with Gasteiger partial charge >= 0.3 is 17.9 Å². The van der Waals surface area contributed by atoms with Crippen molar-refractivity contribution in [1.82, 2.24) is 9.97 Å². The fourth-order valence-electron chi connectivity index (χ4n) is 7.22. The number of nitrogens with one attached hydrogen (secondary N) is 3. The molecule has 13 heteroatoms. The number of benzene rings is 4. The number of rotatable bonds is 3. The maximum absolute atomic E-state index is 13.0. The first-order valence-corrected chi connectivity index (χ1v) is 19.7. The first-order valence-electron chi connectivity index (χ1n) is 19.7. The molecule has 2 aliphatic rings. The van der Waals surface area contributed by atoms with E-state index in [4.69, 9.17) is 20.3 Å². The lowest BCUT2D eigenvalue weighted by Gasteiger charge is -2.25. The van der Waals surface area contributed by atoms with Gasteiger partial charge in [-0.1, -0.05) is 73.2 Å². The summed E-state index contributed by atoms with van der Waals surface area (Å²) in [5, 5.41) is 12.4. The summed E-state index contributed by atoms with van der Waals surface area (Å²) in [5.74, 6) is -1.23. The van der Waals surface area contributed by atoms with E-state index in [-0.39, 0.29) is 46.8 Å². The standard InChI is InChI=1S/C24H24N2O4.C14H19NO2.C10H7NO3.CH4/c1-23(2,3)15-10-16-19(30-22(29)24(16,4)5)11-18(15)26-21(28)14-12-25-17-9-7-6-8-13(17)20(14)27;1-13(2,3)8-6-9-11(7-10(8)15)17-12(16)14(9,4)5;12-9-6-3-1-2-4-8(6)11-5-7(9)10(13)14;/h6-12H,1-5H3,(H,25,27)(H,26,28);6-7H,15H2,1-5H3;1-5H,(H,11,12)(H,13,14);1H4. The maximum Gasteiger partial charge on any atom is 0.341 e. The molecule has 4 heterocycles. The van der Waals surface area contributed by atoms with Crippen LogP contribution in [0.2, 0.25) is 0 Å². The van der Waals surface area contributed by atoms with Crippen LogP contribution in [-0.4, -0.2) is 38.9 Å². The molecule has 0 spiro atoms. The van der Waals surface area contributed by atoms with Crippen molar-refractivity contribution < 1.29 is 33.8 Å². The van der Waals surface area contributed by atoms with E-state index in [1.54, 1.807) is 54.6 Å². The van der Waals surface area contributed by atoms with Gasteiger partial charge in [-0.2, -0.15) is 0 Å². The number of hydrogen-bond donors (Lipinski definition) is 5. The van der Waals surface area contributed by atoms with Gasteiger partial charge in [0.1, 0.15) is 22.6 Å². The highest BCUT2D eigenvalue weighted by Crippen LogP contribution is 2.46. The number of aromatic amines is 2. The molecule has 0 atom stereocenters. The van der Waals surface area contributed by atoms with E-state index < -0.39 is 28.1 Å². The number of nitrogens with two attached hydrogens (primary N) is 1. The highest BCUT2D eigenvalue weighted by atomic mass is 16.5. The second-order valence-corrected chi connectivity index (χ2v) is 18.3. The predicted octanol–water partition coefficient (Wildman–Crippen LogP) is 8.90. The Morgan fingerprint density at radius 2 is 1.06 bits per heavy atom. The molecule has 6 aromatic rings. The molecule has 8 rings (SSSR count). The molecule has 324 valence electrons. The number of carboxylic acids is 1. The largest absolute Gasteiger partial charge is 0.477 e. The zero-order valence-corrected chi connectivity index (χ0v) is 35.9. The minimum Gasteiger partial charge on any atom is -0.477 e. The molecule has 4 aromatic carbocycles. The van der Waals surface area contributed by atoms with Crippen LogP contribution in [-0.2, 0) is 31.2 Å². The second-order valence-electron chi connectivity index (χ2n) is 18.3. The lowest BCUT2D eigenvalue weighted by atomic mass is 9.79. The molecule has 0 saturated carbocycles. The Labute approximate surface area is 359 Å². The zero-order valence-electron chi connectivity index (χ0n) is 35.9. The van der Waals surface area contributed by atoms with Crippen molar-refractivity contribution >= 4 is 57.0 Å². The number of carbonyl (C=O) groups is 4. The Morgan fingerprint density at radius 3 is 1.53 bits per heavy atom. The number of aromatic carboxylic acids is 1. The SMILES string of the molecule is C.CC(C)(C)c1cc2c(cc1N)OC(=O)C2(C)C.CC(C)(C)c1cc2c(cc1NC(=O)c1c[nH]c3ccccc3c1=O)OC(=O)C2(C)C.O=C(O)c1c[nH]c2ccccc2c1=O. The molecule has 2 aliphatic heterocycles. The van der Waals surface area contributed by atoms with Crippen LogP contribution < -0.4 is 31.4 Å². The van der Waals surface area contributed by atoms with Crippen molar-refractivity contribution in [3.8, 4) is 11.5 Å². The molecular weight excluding hydrogens is 789 g/mol. The molecule has 0 fully saturated rings. The molecule has 0 saturated heterocycles. The van der Waals surface area contributed by atoms with Crippen LogP contribution in [0.5, 0.6) is 11.5 Å². The van der Waals surface area contributed by atoms with Crippen molar-refractivity contribution in [3.05, 3.63) is 139 Å². The van der Waals surface area contributed by atoms with E-state index in [1.807, 2.05) is 66.7 Å². The van der Waals surface area contributed by atoms with Crippen LogP contribution in [0.15, 0.2) is 94.8 Å². The van der Waals surface area contributed by atoms with Gasteiger partial charge in [0.2, 0.25) is 10.9 Å². The van der Waals surface area contributed by atoms with Crippen molar-refractivity contribution in [1.29, 1.82) is 0 Å². The van der Waals surface area contributed by atoms with E-state index in [2.05, 4.69) is 36.1 Å². The Hall–Kier alpha value is -7.02. The molecule has 1 amide bonds. The van der Waals surface area contributed by atoms with Crippen LogP contribution in [0.4, 0.5) is 11.4 Å². The molecule has 62 heavy (non-hydrogen) atoms. The average molecular weight is 843 g/mol. The van der Waals surface area contributed by atoms with Crippen LogP contribution >= 0.6 is 0 Å². The molecule has 0 unspecified atom stereocenters. The Balaban J connectivity index is 0.000000192. The molecular formula is C49H54N4O9. The van der Waals surface area contributed by atoms with Gasteiger partial charge < -0.3 is 35.6 Å². The number of hydrogen-bond acceptors (Lipinski definition) is 9. The van der Waals surface area contributed by atoms with E-state index >= 15 is 0 Å². The summed E-state index contributed by atoms with van der Waals surface area (Å²) in [6.07, 6.45) is 2.64. The monoisotopic (exact) mass is 842 g/mol. The number of carboxylic acid groups (broad SMARTS) is 1. The summed E-state index contributed by atoms with van der Waals surface area (Å²) in [6.45, 7) is 19.8. The number of pyridine rings is 2. The van der Waals surface area contributed by atoms with Gasteiger partial charge in [0.25, 0.3) is 5.91 Å². The summed E-state index contributed by atoms with van der Waals surface area (Å²) >= 11 is 0. The van der Waals surface area contributed by atoms with E-state index in [0.717, 1.165) is 22.3 Å². The summed E-state index contributed by atoms with van der Waals surface area (Å²) in [4.78, 5) is 77.8. The number of aromatic nitrogens is 2. The number of nitrogen functional groups attached to an aromatic ring is 1. The lowest BCUT2D eigenvalue weighted by molar-refractivity contribution is -0.137. The Bertz CT molecular complexity index is 2910. The molecule has 0 aliphatic carbocycles. The third-order valence-electron chi connectivity index (χ3n) is 11.0. The minimum absolute atomic E-state index is 0. The van der Waals surface area contributed by atoms with E-state index in [1.165, 1.54) is 12.4 Å². The first kappa shape index (κ1) is 46.1. The normalized spacial score (nSPS) is 14.5. The fourth-order valence-corrected chi connectivity index (χ4v) is 7.22. The summed E-state index contributed by atoms with van der Waals surface area (Å²) in [7, 11) is 0. The Kier molecular flexibility index (Phi) is 12.2. The summed E-state index contributed by atoms with van der Waals surface area (Å²) in [5.41, 5.74) is 9.48. The molecule has 0 radical (unpaired) electrons. The van der Waals surface area contributed by atoms with E-state index in [0.29, 0.717) is 44.7 Å². The first-order chi connectivity index (χ1) is 28.3. The fraction of sp³-hybridized carbons (Fsp3) is 0.306.